The Balaban J connectivity index is 1.33. The molecule has 46 heavy (non-hydrogen) atoms. The Morgan fingerprint density at radius 1 is 0.935 bits per heavy atom. The number of hydrogen-bond acceptors (Lipinski definition) is 4. The monoisotopic (exact) mass is 676 g/mol. The number of hydrogen-bond donors (Lipinski definition) is 0. The summed E-state index contributed by atoms with van der Waals surface area (Å²) in [6.45, 7) is 6.78. The number of halogens is 4. The first kappa shape index (κ1) is 32.1. The van der Waals surface area contributed by atoms with Gasteiger partial charge in [-0.25, -0.2) is 13.5 Å². The Bertz CT molecular complexity index is 1860. The Morgan fingerprint density at radius 2 is 1.59 bits per heavy atom. The molecule has 0 fully saturated rings. The van der Waals surface area contributed by atoms with Crippen molar-refractivity contribution in [2.45, 2.75) is 45.4 Å². The van der Waals surface area contributed by atoms with Crippen molar-refractivity contribution in [1.82, 2.24) is 14.8 Å². The molecule has 0 bridgehead atoms. The fourth-order valence-corrected chi connectivity index (χ4v) is 11.3. The van der Waals surface area contributed by atoms with Crippen LogP contribution >= 0.6 is 23.2 Å². The second-order valence-corrected chi connectivity index (χ2v) is 17.3. The highest BCUT2D eigenvalue weighted by Crippen LogP contribution is 2.39. The lowest BCUT2D eigenvalue weighted by molar-refractivity contribution is 0.0974. The maximum absolute atomic E-state index is 15.7. The Kier molecular flexibility index (Phi) is 8.86. The highest BCUT2D eigenvalue weighted by Gasteiger charge is 2.50. The van der Waals surface area contributed by atoms with Crippen molar-refractivity contribution in [1.29, 1.82) is 0 Å². The highest BCUT2D eigenvalue weighted by atomic mass is 35.5. The molecular weight excluding hydrogens is 645 g/mol. The Labute approximate surface area is 277 Å². The number of pyridine rings is 1. The van der Waals surface area contributed by atoms with Crippen molar-refractivity contribution in [3.8, 4) is 0 Å². The molecule has 3 heterocycles. The lowest BCUT2D eigenvalue weighted by Gasteiger charge is -2.43. The molecule has 3 aromatic carbocycles. The first-order valence-corrected chi connectivity index (χ1v) is 17.6. The molecule has 1 amide bonds. The predicted molar refractivity (Wildman–Crippen MR) is 180 cm³/mol. The van der Waals surface area contributed by atoms with E-state index in [2.05, 4.69) is 55.1 Å². The Morgan fingerprint density at radius 3 is 2.20 bits per heavy atom. The van der Waals surface area contributed by atoms with E-state index in [1.807, 2.05) is 36.4 Å². The van der Waals surface area contributed by atoms with Crippen LogP contribution in [-0.4, -0.2) is 35.5 Å². The summed E-state index contributed by atoms with van der Waals surface area (Å²) < 4.78 is 38.3. The Hall–Kier alpha value is -3.89. The zero-order valence-corrected chi connectivity index (χ0v) is 28.1. The van der Waals surface area contributed by atoms with Crippen LogP contribution in [0.1, 0.15) is 48.1 Å². The minimum atomic E-state index is -2.90. The summed E-state index contributed by atoms with van der Waals surface area (Å²) in [5.74, 6) is -1.74. The number of nitrogens with zero attached hydrogens (tertiary/aromatic N) is 4. The van der Waals surface area contributed by atoms with Crippen LogP contribution in [0.3, 0.4) is 0 Å². The molecular formula is C35H32Cl2F2N4O2Si. The smallest absolute Gasteiger partial charge is 0.279 e. The fourth-order valence-electron chi connectivity index (χ4n) is 6.20. The second kappa shape index (κ2) is 12.7. The standard InChI is InChI=1S/C35H32Cl2F2N4O2Si/c1-35(2,3)46(24-11-6-4-7-12-24,25-13-8-5-9-14-25)45-22-23-19-27(36)31(39)30(20-23)42-18-16-26-32(34(42)44)41-43(33(26)37)21-29-28(38)15-10-17-40-29/h4-15,17,19-20H,16,18,21-22H2,1-3H3. The maximum Gasteiger partial charge on any atom is 0.279 e. The minimum absolute atomic E-state index is 0.0330. The number of amides is 1. The molecule has 0 spiro atoms. The molecule has 0 atom stereocenters. The molecule has 236 valence electrons. The molecule has 0 saturated carbocycles. The molecule has 0 radical (unpaired) electrons. The normalized spacial score (nSPS) is 13.6. The fraction of sp³-hybridized carbons (Fsp3) is 0.229. The minimum Gasteiger partial charge on any atom is -0.403 e. The van der Waals surface area contributed by atoms with E-state index in [0.29, 0.717) is 17.5 Å². The van der Waals surface area contributed by atoms with E-state index < -0.39 is 25.9 Å². The van der Waals surface area contributed by atoms with Gasteiger partial charge in [0.05, 0.1) is 29.6 Å². The van der Waals surface area contributed by atoms with Crippen LogP contribution in [0.5, 0.6) is 0 Å². The van der Waals surface area contributed by atoms with Crippen molar-refractivity contribution in [2.24, 2.45) is 0 Å². The van der Waals surface area contributed by atoms with E-state index >= 15 is 4.39 Å². The third-order valence-corrected chi connectivity index (χ3v) is 14.1. The quantitative estimate of drug-likeness (QED) is 0.163. The summed E-state index contributed by atoms with van der Waals surface area (Å²) in [4.78, 5) is 19.1. The molecule has 1 aliphatic heterocycles. The van der Waals surface area contributed by atoms with E-state index in [0.717, 1.165) is 10.4 Å². The van der Waals surface area contributed by atoms with Crippen LogP contribution in [0.4, 0.5) is 14.5 Å². The topological polar surface area (TPSA) is 60.2 Å². The molecule has 6 rings (SSSR count). The molecule has 1 aliphatic rings. The van der Waals surface area contributed by atoms with E-state index in [4.69, 9.17) is 27.6 Å². The lowest BCUT2D eigenvalue weighted by atomic mass is 10.1. The number of benzene rings is 3. The first-order chi connectivity index (χ1) is 22.0. The number of rotatable bonds is 8. The molecule has 2 aromatic heterocycles. The van der Waals surface area contributed by atoms with Crippen LogP contribution in [-0.2, 0) is 24.0 Å². The molecule has 0 unspecified atom stereocenters. The number of anilines is 1. The third kappa shape index (κ3) is 5.77. The second-order valence-electron chi connectivity index (χ2n) is 12.3. The zero-order chi connectivity index (χ0) is 32.6. The van der Waals surface area contributed by atoms with Gasteiger partial charge in [-0.2, -0.15) is 5.10 Å². The number of carbonyl (C=O) groups excluding carboxylic acids is 1. The van der Waals surface area contributed by atoms with Gasteiger partial charge >= 0.3 is 0 Å². The van der Waals surface area contributed by atoms with Gasteiger partial charge < -0.3 is 9.33 Å². The predicted octanol–water partition coefficient (Wildman–Crippen LogP) is 7.19. The van der Waals surface area contributed by atoms with Gasteiger partial charge in [0.1, 0.15) is 11.0 Å². The van der Waals surface area contributed by atoms with Crippen LogP contribution in [0.25, 0.3) is 0 Å². The van der Waals surface area contributed by atoms with Crippen molar-refractivity contribution >= 4 is 53.5 Å². The van der Waals surface area contributed by atoms with Crippen LogP contribution in [0, 0.1) is 11.6 Å². The summed E-state index contributed by atoms with van der Waals surface area (Å²) in [6.07, 6.45) is 1.80. The summed E-state index contributed by atoms with van der Waals surface area (Å²) in [5, 5.41) is 6.45. The summed E-state index contributed by atoms with van der Waals surface area (Å²) >= 11 is 13.0. The lowest BCUT2D eigenvalue weighted by Crippen LogP contribution is -2.66. The molecule has 6 nitrogen and oxygen atoms in total. The number of carbonyl (C=O) groups is 1. The summed E-state index contributed by atoms with van der Waals surface area (Å²) in [6, 6.07) is 26.4. The van der Waals surface area contributed by atoms with Crippen molar-refractivity contribution in [3.63, 3.8) is 0 Å². The van der Waals surface area contributed by atoms with Crippen LogP contribution in [0.15, 0.2) is 91.1 Å². The molecule has 5 aromatic rings. The largest absolute Gasteiger partial charge is 0.403 e. The van der Waals surface area contributed by atoms with Gasteiger partial charge in [-0.05, 0) is 51.7 Å². The van der Waals surface area contributed by atoms with Gasteiger partial charge in [-0.3, -0.25) is 9.78 Å². The zero-order valence-electron chi connectivity index (χ0n) is 25.6. The van der Waals surface area contributed by atoms with Crippen molar-refractivity contribution in [3.05, 3.63) is 135 Å². The molecule has 11 heteroatoms. The van der Waals surface area contributed by atoms with Crippen molar-refractivity contribution < 1.29 is 18.0 Å². The van der Waals surface area contributed by atoms with Crippen LogP contribution < -0.4 is 15.3 Å². The van der Waals surface area contributed by atoms with Gasteiger partial charge in [0, 0.05) is 18.3 Å². The number of aromatic nitrogens is 3. The SMILES string of the molecule is CC(C)(C)[Si](OCc1cc(Cl)c(F)c(N2CCc3c(nn(Cc4ncccc4F)c3Cl)C2=O)c1)(c1ccccc1)c1ccccc1. The van der Waals surface area contributed by atoms with E-state index in [-0.39, 0.29) is 52.0 Å². The van der Waals surface area contributed by atoms with E-state index in [1.54, 1.807) is 12.1 Å². The number of fused-ring (bicyclic) bond motifs is 1. The maximum atomic E-state index is 15.7. The van der Waals surface area contributed by atoms with Gasteiger partial charge in [0.25, 0.3) is 14.2 Å². The molecule has 0 saturated heterocycles. The van der Waals surface area contributed by atoms with Gasteiger partial charge in [-0.1, -0.05) is 105 Å². The van der Waals surface area contributed by atoms with E-state index in [1.165, 1.54) is 27.9 Å². The van der Waals surface area contributed by atoms with Gasteiger partial charge in [-0.15, -0.1) is 0 Å². The van der Waals surface area contributed by atoms with E-state index in [9.17, 15) is 9.18 Å². The van der Waals surface area contributed by atoms with Crippen LogP contribution in [0.2, 0.25) is 15.2 Å². The summed E-state index contributed by atoms with van der Waals surface area (Å²) in [7, 11) is -2.90. The van der Waals surface area contributed by atoms with Gasteiger partial charge in [0.15, 0.2) is 11.5 Å². The first-order valence-electron chi connectivity index (χ1n) is 14.9. The average molecular weight is 678 g/mol. The van der Waals surface area contributed by atoms with Gasteiger partial charge in [0.2, 0.25) is 0 Å². The average Bonchev–Trinajstić information content (AvgIpc) is 3.36. The third-order valence-electron chi connectivity index (χ3n) is 8.38. The van der Waals surface area contributed by atoms with Crippen molar-refractivity contribution in [2.75, 3.05) is 11.4 Å². The molecule has 0 aliphatic carbocycles. The summed E-state index contributed by atoms with van der Waals surface area (Å²) in [5.41, 5.74) is 1.40. The molecule has 0 N–H and O–H groups in total. The highest BCUT2D eigenvalue weighted by molar-refractivity contribution is 6.99.